The number of rotatable bonds is 3. The van der Waals surface area contributed by atoms with Crippen molar-refractivity contribution >= 4 is 27.1 Å². The quantitative estimate of drug-likeness (QED) is 0.899. The van der Waals surface area contributed by atoms with Gasteiger partial charge < -0.3 is 10.7 Å². The van der Waals surface area contributed by atoms with Gasteiger partial charge in [0.1, 0.15) is 5.82 Å². The number of nitrogens with zero attached hydrogens (tertiary/aromatic N) is 2. The Bertz CT molecular complexity index is 465. The van der Waals surface area contributed by atoms with Crippen molar-refractivity contribution in [3.8, 4) is 0 Å². The van der Waals surface area contributed by atoms with E-state index in [4.69, 9.17) is 5.73 Å². The molecule has 5 heteroatoms. The van der Waals surface area contributed by atoms with Crippen LogP contribution in [0, 0.1) is 0 Å². The number of hydrogen-bond acceptors (Lipinski definition) is 3. The van der Waals surface area contributed by atoms with Crippen LogP contribution in [0.1, 0.15) is 31.6 Å². The van der Waals surface area contributed by atoms with Crippen molar-refractivity contribution < 1.29 is 0 Å². The second-order valence-electron chi connectivity index (χ2n) is 3.54. The molecule has 2 heterocycles. The maximum atomic E-state index is 5.97. The van der Waals surface area contributed by atoms with E-state index in [1.165, 1.54) is 0 Å². The zero-order valence-electron chi connectivity index (χ0n) is 8.50. The molecule has 0 aliphatic carbocycles. The highest BCUT2D eigenvalue weighted by molar-refractivity contribution is 9.10. The minimum Gasteiger partial charge on any atom is -0.339 e. The number of pyridine rings is 1. The molecule has 0 amide bonds. The third-order valence-corrected chi connectivity index (χ3v) is 2.71. The fraction of sp³-hybridized carbons (Fsp3) is 0.400. The molecule has 0 bridgehead atoms. The van der Waals surface area contributed by atoms with Crippen LogP contribution in [0.3, 0.4) is 0 Å². The molecule has 2 aromatic rings. The summed E-state index contributed by atoms with van der Waals surface area (Å²) in [6.07, 6.45) is 3.72. The van der Waals surface area contributed by atoms with Crippen LogP contribution in [-0.2, 0) is 0 Å². The van der Waals surface area contributed by atoms with Crippen LogP contribution in [0.4, 0.5) is 0 Å². The van der Waals surface area contributed by atoms with Gasteiger partial charge in [-0.05, 0) is 28.4 Å². The predicted octanol–water partition coefficient (Wildman–Crippen LogP) is 2.52. The number of halogens is 1. The van der Waals surface area contributed by atoms with Gasteiger partial charge in [0.25, 0.3) is 0 Å². The van der Waals surface area contributed by atoms with Gasteiger partial charge in [0, 0.05) is 10.7 Å². The largest absolute Gasteiger partial charge is 0.339 e. The van der Waals surface area contributed by atoms with E-state index in [0.29, 0.717) is 0 Å². The Kier molecular flexibility index (Phi) is 3.02. The van der Waals surface area contributed by atoms with Crippen molar-refractivity contribution in [2.24, 2.45) is 5.73 Å². The molecule has 0 radical (unpaired) electrons. The highest BCUT2D eigenvalue weighted by Gasteiger charge is 2.10. The molecular weight excluding hydrogens is 256 g/mol. The number of aromatic amines is 1. The zero-order chi connectivity index (χ0) is 10.8. The van der Waals surface area contributed by atoms with Gasteiger partial charge in [0.05, 0.1) is 11.6 Å². The van der Waals surface area contributed by atoms with Crippen LogP contribution < -0.4 is 5.73 Å². The Balaban J connectivity index is 2.38. The van der Waals surface area contributed by atoms with E-state index < -0.39 is 0 Å². The summed E-state index contributed by atoms with van der Waals surface area (Å²) in [5.74, 6) is 0.817. The molecule has 0 spiro atoms. The smallest absolute Gasteiger partial charge is 0.177 e. The maximum Gasteiger partial charge on any atom is 0.177 e. The average molecular weight is 269 g/mol. The molecule has 4 nitrogen and oxygen atoms in total. The fourth-order valence-corrected chi connectivity index (χ4v) is 1.85. The third kappa shape index (κ3) is 2.18. The van der Waals surface area contributed by atoms with Crippen LogP contribution in [-0.4, -0.2) is 15.0 Å². The lowest BCUT2D eigenvalue weighted by atomic mass is 10.2. The molecule has 0 saturated carbocycles. The van der Waals surface area contributed by atoms with Crippen molar-refractivity contribution in [2.45, 2.75) is 25.8 Å². The van der Waals surface area contributed by atoms with Gasteiger partial charge in [-0.15, -0.1) is 0 Å². The first-order valence-electron chi connectivity index (χ1n) is 4.97. The standard InChI is InChI=1S/C10H13BrN4/c1-2-3-7(12)9-14-8-4-6(11)5-13-10(8)15-9/h4-5,7H,2-3,12H2,1H3,(H,13,14,15). The van der Waals surface area contributed by atoms with Gasteiger partial charge in [-0.2, -0.15) is 0 Å². The second kappa shape index (κ2) is 4.28. The molecule has 15 heavy (non-hydrogen) atoms. The van der Waals surface area contributed by atoms with E-state index in [9.17, 15) is 0 Å². The summed E-state index contributed by atoms with van der Waals surface area (Å²) in [6.45, 7) is 2.11. The van der Waals surface area contributed by atoms with Gasteiger partial charge in [-0.25, -0.2) is 9.97 Å². The van der Waals surface area contributed by atoms with Crippen LogP contribution >= 0.6 is 15.9 Å². The number of hydrogen-bond donors (Lipinski definition) is 2. The van der Waals surface area contributed by atoms with Crippen molar-refractivity contribution in [2.75, 3.05) is 0 Å². The van der Waals surface area contributed by atoms with E-state index in [0.717, 1.165) is 34.3 Å². The van der Waals surface area contributed by atoms with Crippen LogP contribution in [0.25, 0.3) is 11.2 Å². The minimum absolute atomic E-state index is 0.0250. The SMILES string of the molecule is CCCC(N)c1nc2ncc(Br)cc2[nH]1. The minimum atomic E-state index is -0.0250. The highest BCUT2D eigenvalue weighted by Crippen LogP contribution is 2.19. The zero-order valence-corrected chi connectivity index (χ0v) is 10.1. The highest BCUT2D eigenvalue weighted by atomic mass is 79.9. The van der Waals surface area contributed by atoms with Gasteiger partial charge in [-0.3, -0.25) is 0 Å². The number of nitrogens with one attached hydrogen (secondary N) is 1. The first-order chi connectivity index (χ1) is 7.20. The van der Waals surface area contributed by atoms with E-state index in [1.54, 1.807) is 6.20 Å². The molecule has 0 saturated heterocycles. The van der Waals surface area contributed by atoms with Crippen LogP contribution in [0.15, 0.2) is 16.7 Å². The van der Waals surface area contributed by atoms with E-state index in [2.05, 4.69) is 37.8 Å². The molecule has 0 aliphatic heterocycles. The molecule has 80 valence electrons. The Morgan fingerprint density at radius 1 is 1.60 bits per heavy atom. The third-order valence-electron chi connectivity index (χ3n) is 2.27. The van der Waals surface area contributed by atoms with Crippen molar-refractivity contribution in [3.63, 3.8) is 0 Å². The Morgan fingerprint density at radius 3 is 3.13 bits per heavy atom. The molecule has 2 aromatic heterocycles. The first-order valence-corrected chi connectivity index (χ1v) is 5.76. The maximum absolute atomic E-state index is 5.97. The lowest BCUT2D eigenvalue weighted by Crippen LogP contribution is -2.11. The molecule has 2 rings (SSSR count). The first kappa shape index (κ1) is 10.6. The number of imidazole rings is 1. The second-order valence-corrected chi connectivity index (χ2v) is 4.46. The summed E-state index contributed by atoms with van der Waals surface area (Å²) >= 11 is 3.37. The van der Waals surface area contributed by atoms with Gasteiger partial charge in [0.2, 0.25) is 0 Å². The van der Waals surface area contributed by atoms with Crippen LogP contribution in [0.5, 0.6) is 0 Å². The number of H-pyrrole nitrogens is 1. The summed E-state index contributed by atoms with van der Waals surface area (Å²) in [7, 11) is 0. The molecule has 1 unspecified atom stereocenters. The number of fused-ring (bicyclic) bond motifs is 1. The molecule has 3 N–H and O–H groups in total. The lowest BCUT2D eigenvalue weighted by molar-refractivity contribution is 0.610. The van der Waals surface area contributed by atoms with Crippen molar-refractivity contribution in [3.05, 3.63) is 22.6 Å². The lowest BCUT2D eigenvalue weighted by Gasteiger charge is -2.04. The monoisotopic (exact) mass is 268 g/mol. The summed E-state index contributed by atoms with van der Waals surface area (Å²) in [4.78, 5) is 11.8. The fourth-order valence-electron chi connectivity index (χ4n) is 1.52. The Hall–Kier alpha value is -0.940. The molecule has 0 aliphatic rings. The van der Waals surface area contributed by atoms with Crippen LogP contribution in [0.2, 0.25) is 0 Å². The van der Waals surface area contributed by atoms with Gasteiger partial charge >= 0.3 is 0 Å². The average Bonchev–Trinajstić information content (AvgIpc) is 2.60. The molecule has 1 atom stereocenters. The normalized spacial score (nSPS) is 13.3. The number of nitrogens with two attached hydrogens (primary N) is 1. The molecule has 0 fully saturated rings. The summed E-state index contributed by atoms with van der Waals surface area (Å²) in [6, 6.07) is 1.93. The molecular formula is C10H13BrN4. The van der Waals surface area contributed by atoms with Crippen molar-refractivity contribution in [1.82, 2.24) is 15.0 Å². The predicted molar refractivity (Wildman–Crippen MR) is 63.4 cm³/mol. The molecule has 0 aromatic carbocycles. The van der Waals surface area contributed by atoms with E-state index >= 15 is 0 Å². The summed E-state index contributed by atoms with van der Waals surface area (Å²) in [5, 5.41) is 0. The Labute approximate surface area is 96.4 Å². The van der Waals surface area contributed by atoms with Gasteiger partial charge in [0.15, 0.2) is 5.65 Å². The van der Waals surface area contributed by atoms with Crippen molar-refractivity contribution in [1.29, 1.82) is 0 Å². The summed E-state index contributed by atoms with van der Waals surface area (Å²) in [5.41, 5.74) is 7.62. The van der Waals surface area contributed by atoms with E-state index in [1.807, 2.05) is 6.07 Å². The summed E-state index contributed by atoms with van der Waals surface area (Å²) < 4.78 is 0.939. The Morgan fingerprint density at radius 2 is 2.40 bits per heavy atom. The van der Waals surface area contributed by atoms with Gasteiger partial charge in [-0.1, -0.05) is 13.3 Å². The number of aromatic nitrogens is 3. The topological polar surface area (TPSA) is 67.6 Å². The van der Waals surface area contributed by atoms with E-state index in [-0.39, 0.29) is 6.04 Å².